The molecule has 0 bridgehead atoms. The Morgan fingerprint density at radius 3 is 2.00 bits per heavy atom. The molecule has 0 N–H and O–H groups in total. The second-order valence-electron chi connectivity index (χ2n) is 6.57. The summed E-state index contributed by atoms with van der Waals surface area (Å²) >= 11 is 0. The van der Waals surface area contributed by atoms with E-state index in [1.165, 1.54) is 21.5 Å². The maximum Gasteiger partial charge on any atom is 0.189 e. The summed E-state index contributed by atoms with van der Waals surface area (Å²) in [4.78, 5) is 12.8. The van der Waals surface area contributed by atoms with Crippen molar-refractivity contribution in [3.8, 4) is 0 Å². The van der Waals surface area contributed by atoms with Crippen LogP contribution < -0.4 is 0 Å². The molecule has 1 nitrogen and oxygen atoms in total. The quantitative estimate of drug-likeness (QED) is 0.319. The van der Waals surface area contributed by atoms with Crippen LogP contribution in [-0.4, -0.2) is 5.78 Å². The van der Waals surface area contributed by atoms with Crippen molar-refractivity contribution >= 4 is 33.4 Å². The number of hydrogen-bond acceptors (Lipinski definition) is 1. The minimum atomic E-state index is 0.160. The summed E-state index contributed by atoms with van der Waals surface area (Å²) in [7, 11) is 0. The maximum atomic E-state index is 12.8. The highest BCUT2D eigenvalue weighted by Gasteiger charge is 2.24. The molecule has 5 rings (SSSR count). The van der Waals surface area contributed by atoms with Crippen LogP contribution >= 0.6 is 0 Å². The second-order valence-corrected chi connectivity index (χ2v) is 6.57. The third-order valence-electron chi connectivity index (χ3n) is 5.07. The van der Waals surface area contributed by atoms with Crippen molar-refractivity contribution in [1.29, 1.82) is 0 Å². The molecule has 0 heterocycles. The van der Waals surface area contributed by atoms with E-state index in [0.717, 1.165) is 22.3 Å². The number of fused-ring (bicyclic) bond motifs is 3. The van der Waals surface area contributed by atoms with E-state index in [4.69, 9.17) is 0 Å². The molecule has 4 aromatic rings. The highest BCUT2D eigenvalue weighted by Crippen LogP contribution is 2.33. The molecule has 0 aromatic heterocycles. The van der Waals surface area contributed by atoms with Crippen LogP contribution in [0.4, 0.5) is 0 Å². The molecule has 0 radical (unpaired) electrons. The minimum absolute atomic E-state index is 0.160. The lowest BCUT2D eigenvalue weighted by molar-refractivity contribution is 0.104. The Hall–Kier alpha value is -3.19. The normalized spacial score (nSPS) is 15.2. The van der Waals surface area contributed by atoms with E-state index in [-0.39, 0.29) is 5.78 Å². The Morgan fingerprint density at radius 2 is 1.32 bits per heavy atom. The molecule has 0 unspecified atom stereocenters. The number of Topliss-reactive ketones (excluding diaryl/α,β-unsaturated/α-hetero) is 1. The van der Waals surface area contributed by atoms with Crippen LogP contribution in [-0.2, 0) is 6.42 Å². The average molecular weight is 320 g/mol. The lowest BCUT2D eigenvalue weighted by Crippen LogP contribution is -1.95. The Balaban J connectivity index is 1.79. The molecule has 0 atom stereocenters. The Kier molecular flexibility index (Phi) is 3.07. The molecule has 1 heteroatoms. The standard InChI is InChI=1S/C24H16O/c25-24-19(14-18-9-3-6-12-22(18)24)15-23-20-10-4-1-7-16(20)13-17-8-2-5-11-21(17)23/h1-13,15H,14H2/b19-15-. The number of allylic oxidation sites excluding steroid dienone is 1. The number of benzene rings is 4. The summed E-state index contributed by atoms with van der Waals surface area (Å²) < 4.78 is 0. The number of rotatable bonds is 1. The molecule has 0 amide bonds. The van der Waals surface area contributed by atoms with E-state index in [2.05, 4.69) is 66.7 Å². The first-order valence-electron chi connectivity index (χ1n) is 8.55. The van der Waals surface area contributed by atoms with Gasteiger partial charge in [-0.25, -0.2) is 0 Å². The van der Waals surface area contributed by atoms with Crippen molar-refractivity contribution in [2.45, 2.75) is 6.42 Å². The topological polar surface area (TPSA) is 17.1 Å². The zero-order valence-electron chi connectivity index (χ0n) is 13.7. The summed E-state index contributed by atoms with van der Waals surface area (Å²) in [5.74, 6) is 0.160. The molecule has 0 saturated carbocycles. The van der Waals surface area contributed by atoms with Crippen LogP contribution in [0, 0.1) is 0 Å². The molecule has 118 valence electrons. The molecule has 0 saturated heterocycles. The molecule has 1 aliphatic rings. The lowest BCUT2D eigenvalue weighted by atomic mass is 9.94. The van der Waals surface area contributed by atoms with Crippen molar-refractivity contribution in [3.63, 3.8) is 0 Å². The zero-order valence-corrected chi connectivity index (χ0v) is 13.7. The van der Waals surface area contributed by atoms with Crippen LogP contribution in [0.5, 0.6) is 0 Å². The van der Waals surface area contributed by atoms with E-state index in [9.17, 15) is 4.79 Å². The summed E-state index contributed by atoms with van der Waals surface area (Å²) in [6, 6.07) is 26.9. The van der Waals surface area contributed by atoms with Crippen molar-refractivity contribution in [3.05, 3.63) is 101 Å². The van der Waals surface area contributed by atoms with Gasteiger partial charge >= 0.3 is 0 Å². The molecule has 25 heavy (non-hydrogen) atoms. The van der Waals surface area contributed by atoms with Crippen LogP contribution in [0.2, 0.25) is 0 Å². The number of carbonyl (C=O) groups is 1. The van der Waals surface area contributed by atoms with Gasteiger partial charge in [-0.15, -0.1) is 0 Å². The van der Waals surface area contributed by atoms with Crippen LogP contribution in [0.3, 0.4) is 0 Å². The number of carbonyl (C=O) groups excluding carboxylic acids is 1. The molecule has 0 spiro atoms. The predicted molar refractivity (Wildman–Crippen MR) is 104 cm³/mol. The van der Waals surface area contributed by atoms with E-state index in [1.807, 2.05) is 18.2 Å². The van der Waals surface area contributed by atoms with Crippen LogP contribution in [0.1, 0.15) is 21.5 Å². The maximum absolute atomic E-state index is 12.8. The average Bonchev–Trinajstić information content (AvgIpc) is 2.97. The van der Waals surface area contributed by atoms with Crippen molar-refractivity contribution in [2.24, 2.45) is 0 Å². The van der Waals surface area contributed by atoms with E-state index in [0.29, 0.717) is 6.42 Å². The minimum Gasteiger partial charge on any atom is -0.289 e. The third-order valence-corrected chi connectivity index (χ3v) is 5.07. The predicted octanol–water partition coefficient (Wildman–Crippen LogP) is 5.82. The summed E-state index contributed by atoms with van der Waals surface area (Å²) in [6.45, 7) is 0. The Bertz CT molecular complexity index is 1130. The number of hydrogen-bond donors (Lipinski definition) is 0. The van der Waals surface area contributed by atoms with E-state index in [1.54, 1.807) is 0 Å². The highest BCUT2D eigenvalue weighted by atomic mass is 16.1. The van der Waals surface area contributed by atoms with Gasteiger partial charge in [0.15, 0.2) is 5.78 Å². The molecule has 0 aliphatic heterocycles. The van der Waals surface area contributed by atoms with Gasteiger partial charge in [0.25, 0.3) is 0 Å². The molecule has 4 aromatic carbocycles. The van der Waals surface area contributed by atoms with Crippen LogP contribution in [0.25, 0.3) is 27.6 Å². The molecular formula is C24H16O. The highest BCUT2D eigenvalue weighted by molar-refractivity contribution is 6.18. The largest absolute Gasteiger partial charge is 0.289 e. The van der Waals surface area contributed by atoms with Crippen molar-refractivity contribution in [1.82, 2.24) is 0 Å². The van der Waals surface area contributed by atoms with Crippen molar-refractivity contribution in [2.75, 3.05) is 0 Å². The van der Waals surface area contributed by atoms with Gasteiger partial charge in [-0.3, -0.25) is 4.79 Å². The fraction of sp³-hybridized carbons (Fsp3) is 0.0417. The molecule has 0 fully saturated rings. The lowest BCUT2D eigenvalue weighted by Gasteiger charge is -2.09. The van der Waals surface area contributed by atoms with Gasteiger partial charge in [-0.1, -0.05) is 72.8 Å². The zero-order chi connectivity index (χ0) is 16.8. The third kappa shape index (κ3) is 2.20. The first-order valence-corrected chi connectivity index (χ1v) is 8.55. The first kappa shape index (κ1) is 14.2. The second kappa shape index (κ2) is 5.42. The molecular weight excluding hydrogens is 304 g/mol. The van der Waals surface area contributed by atoms with Gasteiger partial charge in [0.2, 0.25) is 0 Å². The monoisotopic (exact) mass is 320 g/mol. The number of ketones is 1. The van der Waals surface area contributed by atoms with Gasteiger partial charge < -0.3 is 0 Å². The van der Waals surface area contributed by atoms with Gasteiger partial charge in [0.1, 0.15) is 0 Å². The molecule has 1 aliphatic carbocycles. The summed E-state index contributed by atoms with van der Waals surface area (Å²) in [5.41, 5.74) is 3.99. The fourth-order valence-corrected chi connectivity index (χ4v) is 3.85. The van der Waals surface area contributed by atoms with Gasteiger partial charge in [-0.2, -0.15) is 0 Å². The smallest absolute Gasteiger partial charge is 0.189 e. The fourth-order valence-electron chi connectivity index (χ4n) is 3.85. The summed E-state index contributed by atoms with van der Waals surface area (Å²) in [5, 5.41) is 4.79. The summed E-state index contributed by atoms with van der Waals surface area (Å²) in [6.07, 6.45) is 2.82. The first-order chi connectivity index (χ1) is 12.3. The van der Waals surface area contributed by atoms with Crippen LogP contribution in [0.15, 0.2) is 84.4 Å². The Labute approximate surface area is 146 Å². The van der Waals surface area contributed by atoms with Gasteiger partial charge in [0, 0.05) is 17.6 Å². The van der Waals surface area contributed by atoms with Crippen molar-refractivity contribution < 1.29 is 4.79 Å². The van der Waals surface area contributed by atoms with Gasteiger partial charge in [0.05, 0.1) is 0 Å². The SMILES string of the molecule is O=C1/C(=C\c2c3ccccc3cc3ccccc23)Cc2ccccc21. The van der Waals surface area contributed by atoms with E-state index < -0.39 is 0 Å². The Morgan fingerprint density at radius 1 is 0.720 bits per heavy atom. The van der Waals surface area contributed by atoms with Gasteiger partial charge in [-0.05, 0) is 44.8 Å². The van der Waals surface area contributed by atoms with E-state index >= 15 is 0 Å².